The third-order valence-corrected chi connectivity index (χ3v) is 5.69. The van der Waals surface area contributed by atoms with E-state index in [-0.39, 0.29) is 11.8 Å². The van der Waals surface area contributed by atoms with E-state index in [2.05, 4.69) is 15.2 Å². The Morgan fingerprint density at radius 2 is 1.92 bits per heavy atom. The van der Waals surface area contributed by atoms with Crippen molar-refractivity contribution in [3.05, 3.63) is 58.9 Å². The van der Waals surface area contributed by atoms with E-state index in [0.717, 1.165) is 17.7 Å². The highest BCUT2D eigenvalue weighted by molar-refractivity contribution is 7.10. The highest BCUT2D eigenvalue weighted by Crippen LogP contribution is 2.33. The van der Waals surface area contributed by atoms with Crippen LogP contribution in [-0.4, -0.2) is 48.8 Å². The van der Waals surface area contributed by atoms with Crippen LogP contribution in [0.3, 0.4) is 0 Å². The molecule has 0 saturated carbocycles. The van der Waals surface area contributed by atoms with Gasteiger partial charge in [-0.2, -0.15) is 0 Å². The summed E-state index contributed by atoms with van der Waals surface area (Å²) in [6.45, 7) is 1.26. The Hall–Kier alpha value is -2.58. The van der Waals surface area contributed by atoms with E-state index >= 15 is 0 Å². The summed E-state index contributed by atoms with van der Waals surface area (Å²) in [6.07, 6.45) is 4.23. The number of nitrogens with zero attached hydrogens (tertiary/aromatic N) is 5. The molecule has 0 unspecified atom stereocenters. The summed E-state index contributed by atoms with van der Waals surface area (Å²) in [6, 6.07) is 9.26. The Bertz CT molecular complexity index is 858. The van der Waals surface area contributed by atoms with Crippen molar-refractivity contribution in [1.82, 2.24) is 24.6 Å². The van der Waals surface area contributed by atoms with Gasteiger partial charge in [0.15, 0.2) is 0 Å². The van der Waals surface area contributed by atoms with Gasteiger partial charge in [0, 0.05) is 18.0 Å². The van der Waals surface area contributed by atoms with Crippen molar-refractivity contribution in [3.63, 3.8) is 0 Å². The largest absolute Gasteiger partial charge is 0.387 e. The highest BCUT2D eigenvalue weighted by atomic mass is 32.1. The Morgan fingerprint density at radius 3 is 2.62 bits per heavy atom. The number of pyridine rings is 1. The molecule has 0 aliphatic carbocycles. The van der Waals surface area contributed by atoms with Crippen LogP contribution in [0.25, 0.3) is 5.82 Å². The van der Waals surface area contributed by atoms with E-state index in [1.807, 2.05) is 34.5 Å². The van der Waals surface area contributed by atoms with E-state index in [1.165, 1.54) is 0 Å². The molecule has 7 nitrogen and oxygen atoms in total. The average Bonchev–Trinajstić information content (AvgIpc) is 3.41. The zero-order valence-electron chi connectivity index (χ0n) is 14.1. The van der Waals surface area contributed by atoms with Gasteiger partial charge in [-0.3, -0.25) is 9.36 Å². The first-order valence-electron chi connectivity index (χ1n) is 8.55. The van der Waals surface area contributed by atoms with Gasteiger partial charge in [0.2, 0.25) is 0 Å². The second-order valence-corrected chi connectivity index (χ2v) is 7.32. The quantitative estimate of drug-likeness (QED) is 0.763. The number of aliphatic hydroxyl groups excluding tert-OH is 1. The van der Waals surface area contributed by atoms with E-state index in [0.29, 0.717) is 24.6 Å². The molecule has 26 heavy (non-hydrogen) atoms. The van der Waals surface area contributed by atoms with E-state index in [4.69, 9.17) is 0 Å². The summed E-state index contributed by atoms with van der Waals surface area (Å²) >= 11 is 1.58. The minimum atomic E-state index is -0.442. The SMILES string of the molecule is O=C(c1cccc(-n2cnnc2)n1)N1CCC([C@@H](O)c2cccs2)CC1. The number of carbonyl (C=O) groups excluding carboxylic acids is 1. The zero-order chi connectivity index (χ0) is 17.9. The Labute approximate surface area is 154 Å². The minimum absolute atomic E-state index is 0.0796. The molecule has 1 fully saturated rings. The monoisotopic (exact) mass is 369 g/mol. The highest BCUT2D eigenvalue weighted by Gasteiger charge is 2.29. The fourth-order valence-corrected chi connectivity index (χ4v) is 4.08. The molecule has 0 radical (unpaired) electrons. The molecule has 8 heteroatoms. The van der Waals surface area contributed by atoms with Gasteiger partial charge in [0.05, 0.1) is 6.10 Å². The van der Waals surface area contributed by atoms with Crippen LogP contribution in [0.2, 0.25) is 0 Å². The number of piperidine rings is 1. The number of rotatable bonds is 4. The number of aromatic nitrogens is 4. The first-order valence-corrected chi connectivity index (χ1v) is 9.43. The van der Waals surface area contributed by atoms with E-state index < -0.39 is 6.10 Å². The Morgan fingerprint density at radius 1 is 1.15 bits per heavy atom. The molecule has 1 saturated heterocycles. The maximum absolute atomic E-state index is 12.8. The van der Waals surface area contributed by atoms with Gasteiger partial charge in [0.25, 0.3) is 5.91 Å². The number of hydrogen-bond acceptors (Lipinski definition) is 6. The number of hydrogen-bond donors (Lipinski definition) is 1. The van der Waals surface area contributed by atoms with Gasteiger partial charge in [-0.05, 0) is 42.3 Å². The first kappa shape index (κ1) is 16.9. The molecule has 1 aliphatic heterocycles. The second-order valence-electron chi connectivity index (χ2n) is 6.34. The number of thiophene rings is 1. The molecule has 1 N–H and O–H groups in total. The van der Waals surface area contributed by atoms with Gasteiger partial charge < -0.3 is 10.0 Å². The Balaban J connectivity index is 1.42. The third-order valence-electron chi connectivity index (χ3n) is 4.74. The lowest BCUT2D eigenvalue weighted by molar-refractivity contribution is 0.0470. The van der Waals surface area contributed by atoms with Gasteiger partial charge in [-0.1, -0.05) is 12.1 Å². The lowest BCUT2D eigenvalue weighted by atomic mass is 9.90. The molecule has 3 aromatic rings. The molecule has 1 atom stereocenters. The van der Waals surface area contributed by atoms with Crippen molar-refractivity contribution in [3.8, 4) is 5.82 Å². The summed E-state index contributed by atoms with van der Waals surface area (Å²) in [5.74, 6) is 0.724. The molecule has 0 spiro atoms. The van der Waals surface area contributed by atoms with Gasteiger partial charge in [-0.15, -0.1) is 21.5 Å². The van der Waals surface area contributed by atoms with Crippen LogP contribution >= 0.6 is 11.3 Å². The summed E-state index contributed by atoms with van der Waals surface area (Å²) in [5.41, 5.74) is 0.411. The molecule has 3 aromatic heterocycles. The molecule has 1 aliphatic rings. The second kappa shape index (κ2) is 7.35. The maximum atomic E-state index is 12.8. The smallest absolute Gasteiger partial charge is 0.272 e. The number of carbonyl (C=O) groups is 1. The summed E-state index contributed by atoms with van der Waals surface area (Å²) in [7, 11) is 0. The molecule has 134 valence electrons. The number of likely N-dealkylation sites (tertiary alicyclic amines) is 1. The van der Waals surface area contributed by atoms with Crippen LogP contribution < -0.4 is 0 Å². The molecule has 0 bridgehead atoms. The van der Waals surface area contributed by atoms with E-state index in [1.54, 1.807) is 34.6 Å². The zero-order valence-corrected chi connectivity index (χ0v) is 14.9. The first-order chi connectivity index (χ1) is 12.7. The molecule has 0 aromatic carbocycles. The van der Waals surface area contributed by atoms with Crippen LogP contribution in [0.15, 0.2) is 48.4 Å². The standard InChI is InChI=1S/C18H19N5O2S/c24-17(15-4-2-10-26-15)13-6-8-22(9-7-13)18(25)14-3-1-5-16(21-14)23-11-19-20-12-23/h1-5,10-13,17,24H,6-9H2/t17-/m1/s1. The van der Waals surface area contributed by atoms with E-state index in [9.17, 15) is 9.90 Å². The van der Waals surface area contributed by atoms with Gasteiger partial charge in [0.1, 0.15) is 24.2 Å². The normalized spacial score (nSPS) is 16.6. The molecular formula is C18H19N5O2S. The lowest BCUT2D eigenvalue weighted by Gasteiger charge is -2.33. The van der Waals surface area contributed by atoms with Gasteiger partial charge in [-0.25, -0.2) is 4.98 Å². The van der Waals surface area contributed by atoms with Crippen molar-refractivity contribution < 1.29 is 9.90 Å². The van der Waals surface area contributed by atoms with Crippen molar-refractivity contribution >= 4 is 17.2 Å². The lowest BCUT2D eigenvalue weighted by Crippen LogP contribution is -2.40. The fourth-order valence-electron chi connectivity index (χ4n) is 3.28. The fraction of sp³-hybridized carbons (Fsp3) is 0.333. The van der Waals surface area contributed by atoms with Crippen LogP contribution in [0.1, 0.15) is 34.3 Å². The predicted octanol–water partition coefficient (Wildman–Crippen LogP) is 2.31. The Kier molecular flexibility index (Phi) is 4.77. The van der Waals surface area contributed by atoms with Crippen molar-refractivity contribution in [2.45, 2.75) is 18.9 Å². The summed E-state index contributed by atoms with van der Waals surface area (Å²) in [4.78, 5) is 20.0. The molecule has 4 rings (SSSR count). The van der Waals surface area contributed by atoms with Crippen LogP contribution in [0.4, 0.5) is 0 Å². The number of aliphatic hydroxyl groups is 1. The third kappa shape index (κ3) is 3.38. The molecule has 1 amide bonds. The molecular weight excluding hydrogens is 350 g/mol. The summed E-state index contributed by atoms with van der Waals surface area (Å²) in [5, 5.41) is 20.0. The van der Waals surface area contributed by atoms with Crippen LogP contribution in [0.5, 0.6) is 0 Å². The van der Waals surface area contributed by atoms with Crippen molar-refractivity contribution in [2.75, 3.05) is 13.1 Å². The predicted molar refractivity (Wildman–Crippen MR) is 97.1 cm³/mol. The average molecular weight is 369 g/mol. The molecule has 4 heterocycles. The van der Waals surface area contributed by atoms with Crippen molar-refractivity contribution in [2.24, 2.45) is 5.92 Å². The van der Waals surface area contributed by atoms with Crippen LogP contribution in [0, 0.1) is 5.92 Å². The van der Waals surface area contributed by atoms with Crippen molar-refractivity contribution in [1.29, 1.82) is 0 Å². The number of amides is 1. The van der Waals surface area contributed by atoms with Crippen LogP contribution in [-0.2, 0) is 0 Å². The maximum Gasteiger partial charge on any atom is 0.272 e. The summed E-state index contributed by atoms with van der Waals surface area (Å²) < 4.78 is 1.67. The topological polar surface area (TPSA) is 84.1 Å². The van der Waals surface area contributed by atoms with Gasteiger partial charge >= 0.3 is 0 Å². The minimum Gasteiger partial charge on any atom is -0.387 e.